The summed E-state index contributed by atoms with van der Waals surface area (Å²) >= 11 is 0. The van der Waals surface area contributed by atoms with Crippen molar-refractivity contribution in [2.75, 3.05) is 26.3 Å². The zero-order valence-corrected chi connectivity index (χ0v) is 10.8. The summed E-state index contributed by atoms with van der Waals surface area (Å²) in [5.74, 6) is 0.114. The molecule has 0 unspecified atom stereocenters. The van der Waals surface area contributed by atoms with Crippen molar-refractivity contribution in [3.05, 3.63) is 35.9 Å². The van der Waals surface area contributed by atoms with Crippen LogP contribution in [0.1, 0.15) is 12.5 Å². The molecule has 0 atom stereocenters. The van der Waals surface area contributed by atoms with Gasteiger partial charge in [0.1, 0.15) is 5.41 Å². The van der Waals surface area contributed by atoms with Gasteiger partial charge in [0.25, 0.3) is 0 Å². The smallest absolute Gasteiger partial charge is 0.235 e. The quantitative estimate of drug-likeness (QED) is 0.846. The lowest BCUT2D eigenvalue weighted by atomic mass is 9.84. The maximum Gasteiger partial charge on any atom is 0.235 e. The highest BCUT2D eigenvalue weighted by atomic mass is 16.5. The number of nitrogens with zero attached hydrogens (tertiary/aromatic N) is 1. The highest BCUT2D eigenvalue weighted by Crippen LogP contribution is 2.29. The Labute approximate surface area is 108 Å². The zero-order chi connectivity index (χ0) is 13.0. The van der Waals surface area contributed by atoms with Gasteiger partial charge in [0, 0.05) is 19.6 Å². The van der Waals surface area contributed by atoms with Crippen LogP contribution >= 0.6 is 0 Å². The van der Waals surface area contributed by atoms with E-state index in [9.17, 15) is 4.79 Å². The number of hydrogen-bond donors (Lipinski definition) is 1. The average molecular weight is 248 g/mol. The van der Waals surface area contributed by atoms with Gasteiger partial charge in [-0.25, -0.2) is 0 Å². The van der Waals surface area contributed by atoms with Crippen molar-refractivity contribution in [2.45, 2.75) is 13.5 Å². The van der Waals surface area contributed by atoms with Gasteiger partial charge in [-0.05, 0) is 12.5 Å². The van der Waals surface area contributed by atoms with Crippen LogP contribution in [0.5, 0.6) is 0 Å². The molecule has 0 radical (unpaired) electrons. The molecule has 0 saturated carbocycles. The third kappa shape index (κ3) is 2.40. The molecule has 1 aliphatic heterocycles. The van der Waals surface area contributed by atoms with E-state index in [1.54, 1.807) is 0 Å². The Bertz CT molecular complexity index is 396. The van der Waals surface area contributed by atoms with Gasteiger partial charge in [-0.1, -0.05) is 30.3 Å². The fourth-order valence-corrected chi connectivity index (χ4v) is 2.14. The normalized spacial score (nSPS) is 17.0. The average Bonchev–Trinajstić information content (AvgIpc) is 2.36. The number of carbonyl (C=O) groups is 1. The summed E-state index contributed by atoms with van der Waals surface area (Å²) in [6, 6.07) is 10.0. The molecule has 0 bridgehead atoms. The van der Waals surface area contributed by atoms with E-state index in [4.69, 9.17) is 10.5 Å². The van der Waals surface area contributed by atoms with E-state index < -0.39 is 5.41 Å². The molecular weight excluding hydrogens is 228 g/mol. The Hall–Kier alpha value is -1.39. The van der Waals surface area contributed by atoms with Crippen molar-refractivity contribution >= 4 is 5.91 Å². The predicted octanol–water partition coefficient (Wildman–Crippen LogP) is 1.01. The Kier molecular flexibility index (Phi) is 3.99. The Balaban J connectivity index is 2.07. The van der Waals surface area contributed by atoms with E-state index in [-0.39, 0.29) is 5.91 Å². The van der Waals surface area contributed by atoms with Gasteiger partial charge in [0.05, 0.1) is 13.2 Å². The second kappa shape index (κ2) is 5.50. The SMILES string of the molecule is CCN(Cc1ccccc1)C(=O)C1(CN)COC1. The van der Waals surface area contributed by atoms with Crippen molar-refractivity contribution in [1.29, 1.82) is 0 Å². The van der Waals surface area contributed by atoms with Crippen LogP contribution in [0.4, 0.5) is 0 Å². The van der Waals surface area contributed by atoms with Gasteiger partial charge < -0.3 is 15.4 Å². The third-order valence-corrected chi connectivity index (χ3v) is 3.49. The van der Waals surface area contributed by atoms with E-state index in [0.717, 1.165) is 5.56 Å². The Morgan fingerprint density at radius 2 is 2.06 bits per heavy atom. The molecule has 0 aliphatic carbocycles. The summed E-state index contributed by atoms with van der Waals surface area (Å²) < 4.78 is 5.17. The molecule has 2 rings (SSSR count). The van der Waals surface area contributed by atoms with Crippen molar-refractivity contribution in [3.63, 3.8) is 0 Å². The van der Waals surface area contributed by atoms with Crippen LogP contribution in [0.25, 0.3) is 0 Å². The molecule has 1 saturated heterocycles. The minimum Gasteiger partial charge on any atom is -0.379 e. The lowest BCUT2D eigenvalue weighted by Crippen LogP contribution is -2.58. The predicted molar refractivity (Wildman–Crippen MR) is 69.8 cm³/mol. The number of amides is 1. The van der Waals surface area contributed by atoms with Gasteiger partial charge in [-0.2, -0.15) is 0 Å². The molecule has 0 aromatic heterocycles. The van der Waals surface area contributed by atoms with Crippen LogP contribution in [-0.2, 0) is 16.1 Å². The molecular formula is C14H20N2O2. The first-order valence-electron chi connectivity index (χ1n) is 6.33. The molecule has 1 fully saturated rings. The Morgan fingerprint density at radius 3 is 2.50 bits per heavy atom. The van der Waals surface area contributed by atoms with E-state index in [0.29, 0.717) is 32.8 Å². The van der Waals surface area contributed by atoms with Crippen LogP contribution in [0, 0.1) is 5.41 Å². The minimum absolute atomic E-state index is 0.114. The van der Waals surface area contributed by atoms with Crippen molar-refractivity contribution < 1.29 is 9.53 Å². The van der Waals surface area contributed by atoms with Gasteiger partial charge in [0.2, 0.25) is 5.91 Å². The number of rotatable bonds is 5. The Morgan fingerprint density at radius 1 is 1.39 bits per heavy atom. The number of hydrogen-bond acceptors (Lipinski definition) is 3. The second-order valence-corrected chi connectivity index (χ2v) is 4.78. The van der Waals surface area contributed by atoms with Crippen LogP contribution in [0.15, 0.2) is 30.3 Å². The van der Waals surface area contributed by atoms with Gasteiger partial charge in [-0.3, -0.25) is 4.79 Å². The zero-order valence-electron chi connectivity index (χ0n) is 10.8. The third-order valence-electron chi connectivity index (χ3n) is 3.49. The number of benzene rings is 1. The van der Waals surface area contributed by atoms with Crippen LogP contribution in [-0.4, -0.2) is 37.1 Å². The van der Waals surface area contributed by atoms with Gasteiger partial charge in [0.15, 0.2) is 0 Å². The van der Waals surface area contributed by atoms with E-state index in [1.807, 2.05) is 42.2 Å². The molecule has 1 aromatic rings. The topological polar surface area (TPSA) is 55.6 Å². The van der Waals surface area contributed by atoms with E-state index >= 15 is 0 Å². The molecule has 1 aromatic carbocycles. The summed E-state index contributed by atoms with van der Waals surface area (Å²) in [5.41, 5.74) is 6.39. The van der Waals surface area contributed by atoms with Crippen LogP contribution in [0.2, 0.25) is 0 Å². The van der Waals surface area contributed by atoms with Crippen molar-refractivity contribution in [1.82, 2.24) is 4.90 Å². The highest BCUT2D eigenvalue weighted by molar-refractivity contribution is 5.84. The molecule has 4 nitrogen and oxygen atoms in total. The lowest BCUT2D eigenvalue weighted by molar-refractivity contribution is -0.170. The molecule has 0 spiro atoms. The van der Waals surface area contributed by atoms with Crippen LogP contribution in [0.3, 0.4) is 0 Å². The van der Waals surface area contributed by atoms with E-state index in [2.05, 4.69) is 0 Å². The molecule has 18 heavy (non-hydrogen) atoms. The molecule has 98 valence electrons. The molecule has 1 heterocycles. The van der Waals surface area contributed by atoms with Crippen molar-refractivity contribution in [2.24, 2.45) is 11.1 Å². The summed E-state index contributed by atoms with van der Waals surface area (Å²) in [6.07, 6.45) is 0. The summed E-state index contributed by atoms with van der Waals surface area (Å²) in [6.45, 7) is 4.58. The standard InChI is InChI=1S/C14H20N2O2/c1-2-16(8-12-6-4-3-5-7-12)13(17)14(9-15)10-18-11-14/h3-7H,2,8-11,15H2,1H3. The fourth-order valence-electron chi connectivity index (χ4n) is 2.14. The largest absolute Gasteiger partial charge is 0.379 e. The van der Waals surface area contributed by atoms with E-state index in [1.165, 1.54) is 0 Å². The fraction of sp³-hybridized carbons (Fsp3) is 0.500. The number of nitrogens with two attached hydrogens (primary N) is 1. The maximum absolute atomic E-state index is 12.5. The summed E-state index contributed by atoms with van der Waals surface area (Å²) in [7, 11) is 0. The molecule has 1 amide bonds. The first kappa shape index (κ1) is 13.1. The summed E-state index contributed by atoms with van der Waals surface area (Å²) in [5, 5.41) is 0. The molecule has 1 aliphatic rings. The van der Waals surface area contributed by atoms with Gasteiger partial charge in [-0.15, -0.1) is 0 Å². The lowest BCUT2D eigenvalue weighted by Gasteiger charge is -2.42. The van der Waals surface area contributed by atoms with Crippen LogP contribution < -0.4 is 5.73 Å². The highest BCUT2D eigenvalue weighted by Gasteiger charge is 2.46. The monoisotopic (exact) mass is 248 g/mol. The van der Waals surface area contributed by atoms with Crippen molar-refractivity contribution in [3.8, 4) is 0 Å². The maximum atomic E-state index is 12.5. The first-order valence-corrected chi connectivity index (χ1v) is 6.33. The number of carbonyl (C=O) groups excluding carboxylic acids is 1. The minimum atomic E-state index is -0.481. The number of ether oxygens (including phenoxy) is 1. The second-order valence-electron chi connectivity index (χ2n) is 4.78. The molecule has 4 heteroatoms. The molecule has 2 N–H and O–H groups in total. The summed E-state index contributed by atoms with van der Waals surface area (Å²) in [4.78, 5) is 14.3. The first-order chi connectivity index (χ1) is 8.72. The van der Waals surface area contributed by atoms with Gasteiger partial charge >= 0.3 is 0 Å².